The van der Waals surface area contributed by atoms with Gasteiger partial charge in [0.1, 0.15) is 6.54 Å². The molecular weight excluding hydrogens is 328 g/mol. The summed E-state index contributed by atoms with van der Waals surface area (Å²) in [7, 11) is 0. The summed E-state index contributed by atoms with van der Waals surface area (Å²) in [6, 6.07) is 9.76. The van der Waals surface area contributed by atoms with E-state index in [1.807, 2.05) is 51.1 Å². The molecule has 1 aliphatic heterocycles. The third-order valence-electron chi connectivity index (χ3n) is 5.28. The number of likely N-dealkylation sites (tertiary alicyclic amines) is 1. The van der Waals surface area contributed by atoms with Gasteiger partial charge in [-0.25, -0.2) is 0 Å². The molecule has 0 saturated carbocycles. The normalized spacial score (nSPS) is 16.7. The predicted octanol–water partition coefficient (Wildman–Crippen LogP) is 3.13. The second-order valence-corrected chi connectivity index (χ2v) is 7.11. The Balaban J connectivity index is 2.14. The molecule has 1 fully saturated rings. The molecule has 0 unspecified atom stereocenters. The summed E-state index contributed by atoms with van der Waals surface area (Å²) in [4.78, 5) is 41.0. The number of hydrogen-bond acceptors (Lipinski definition) is 3. The Kier molecular flexibility index (Phi) is 6.95. The molecule has 0 radical (unpaired) electrons. The maximum atomic E-state index is 12.8. The standard InChI is InChI=1S/C21H30N2O3/c1-4-12-22(13-5-2)20(26)16-23-18(24)14-21(6-3,15-19(23)25)17-10-8-7-9-11-17/h7-11H,4-6,12-16H2,1-3H3. The number of amides is 3. The van der Waals surface area contributed by atoms with Crippen molar-refractivity contribution >= 4 is 17.7 Å². The van der Waals surface area contributed by atoms with Crippen LogP contribution in [0.15, 0.2) is 30.3 Å². The van der Waals surface area contributed by atoms with E-state index < -0.39 is 5.41 Å². The fourth-order valence-corrected chi connectivity index (χ4v) is 3.73. The van der Waals surface area contributed by atoms with Gasteiger partial charge in [0.15, 0.2) is 0 Å². The number of carbonyl (C=O) groups is 3. The van der Waals surface area contributed by atoms with E-state index in [9.17, 15) is 14.4 Å². The van der Waals surface area contributed by atoms with Gasteiger partial charge in [-0.05, 0) is 24.8 Å². The van der Waals surface area contributed by atoms with Gasteiger partial charge in [-0.1, -0.05) is 51.1 Å². The topological polar surface area (TPSA) is 57.7 Å². The smallest absolute Gasteiger partial charge is 0.242 e. The first-order valence-electron chi connectivity index (χ1n) is 9.64. The second kappa shape index (κ2) is 8.97. The van der Waals surface area contributed by atoms with Crippen molar-refractivity contribution in [2.75, 3.05) is 19.6 Å². The van der Waals surface area contributed by atoms with E-state index in [0.29, 0.717) is 19.5 Å². The van der Waals surface area contributed by atoms with E-state index in [-0.39, 0.29) is 37.1 Å². The first kappa shape index (κ1) is 20.1. The zero-order chi connectivity index (χ0) is 19.2. The minimum absolute atomic E-state index is 0.133. The Morgan fingerprint density at radius 1 is 1.00 bits per heavy atom. The van der Waals surface area contributed by atoms with E-state index >= 15 is 0 Å². The van der Waals surface area contributed by atoms with E-state index in [4.69, 9.17) is 0 Å². The Bertz CT molecular complexity index is 618. The average molecular weight is 358 g/mol. The third-order valence-corrected chi connectivity index (χ3v) is 5.28. The summed E-state index contributed by atoms with van der Waals surface area (Å²) < 4.78 is 0. The van der Waals surface area contributed by atoms with Gasteiger partial charge in [-0.15, -0.1) is 0 Å². The van der Waals surface area contributed by atoms with Crippen molar-refractivity contribution in [2.24, 2.45) is 0 Å². The van der Waals surface area contributed by atoms with Crippen LogP contribution in [-0.2, 0) is 19.8 Å². The SMILES string of the molecule is CCCN(CCC)C(=O)CN1C(=O)CC(CC)(c2ccccc2)CC1=O. The first-order valence-corrected chi connectivity index (χ1v) is 9.64. The van der Waals surface area contributed by atoms with Gasteiger partial charge < -0.3 is 4.90 Å². The van der Waals surface area contributed by atoms with Crippen LogP contribution >= 0.6 is 0 Å². The molecule has 5 nitrogen and oxygen atoms in total. The van der Waals surface area contributed by atoms with Crippen LogP contribution in [0.25, 0.3) is 0 Å². The average Bonchev–Trinajstić information content (AvgIpc) is 2.64. The van der Waals surface area contributed by atoms with Crippen molar-refractivity contribution in [3.05, 3.63) is 35.9 Å². The molecule has 0 aromatic heterocycles. The van der Waals surface area contributed by atoms with E-state index in [1.165, 1.54) is 0 Å². The van der Waals surface area contributed by atoms with Gasteiger partial charge in [-0.2, -0.15) is 0 Å². The Hall–Kier alpha value is -2.17. The quantitative estimate of drug-likeness (QED) is 0.671. The maximum Gasteiger partial charge on any atom is 0.242 e. The monoisotopic (exact) mass is 358 g/mol. The minimum Gasteiger partial charge on any atom is -0.341 e. The van der Waals surface area contributed by atoms with Gasteiger partial charge in [0.2, 0.25) is 17.7 Å². The van der Waals surface area contributed by atoms with Gasteiger partial charge in [-0.3, -0.25) is 19.3 Å². The van der Waals surface area contributed by atoms with Crippen LogP contribution in [0.1, 0.15) is 58.4 Å². The van der Waals surface area contributed by atoms with Gasteiger partial charge in [0.25, 0.3) is 0 Å². The molecule has 0 N–H and O–H groups in total. The van der Waals surface area contributed by atoms with Gasteiger partial charge >= 0.3 is 0 Å². The number of rotatable bonds is 8. The number of piperidine rings is 1. The van der Waals surface area contributed by atoms with Crippen LogP contribution < -0.4 is 0 Å². The number of hydrogen-bond donors (Lipinski definition) is 0. The van der Waals surface area contributed by atoms with E-state index in [0.717, 1.165) is 23.3 Å². The molecule has 1 aromatic rings. The van der Waals surface area contributed by atoms with Crippen molar-refractivity contribution in [1.29, 1.82) is 0 Å². The third kappa shape index (κ3) is 4.32. The minimum atomic E-state index is -0.457. The summed E-state index contributed by atoms with van der Waals surface area (Å²) >= 11 is 0. The van der Waals surface area contributed by atoms with Crippen LogP contribution in [0.2, 0.25) is 0 Å². The van der Waals surface area contributed by atoms with Gasteiger partial charge in [0, 0.05) is 31.3 Å². The number of benzene rings is 1. The highest BCUT2D eigenvalue weighted by Crippen LogP contribution is 2.39. The molecular formula is C21H30N2O3. The molecule has 3 amide bonds. The molecule has 1 aliphatic rings. The molecule has 0 bridgehead atoms. The predicted molar refractivity (Wildman–Crippen MR) is 102 cm³/mol. The molecule has 0 atom stereocenters. The Morgan fingerprint density at radius 2 is 1.54 bits per heavy atom. The highest BCUT2D eigenvalue weighted by atomic mass is 16.2. The molecule has 5 heteroatoms. The number of carbonyl (C=O) groups excluding carboxylic acids is 3. The van der Waals surface area contributed by atoms with Crippen molar-refractivity contribution < 1.29 is 14.4 Å². The van der Waals surface area contributed by atoms with E-state index in [1.54, 1.807) is 4.90 Å². The lowest BCUT2D eigenvalue weighted by Crippen LogP contribution is -2.53. The zero-order valence-corrected chi connectivity index (χ0v) is 16.2. The molecule has 142 valence electrons. The lowest BCUT2D eigenvalue weighted by Gasteiger charge is -2.40. The van der Waals surface area contributed by atoms with E-state index in [2.05, 4.69) is 0 Å². The largest absolute Gasteiger partial charge is 0.341 e. The lowest BCUT2D eigenvalue weighted by molar-refractivity contribution is -0.155. The first-order chi connectivity index (χ1) is 12.5. The fraction of sp³-hybridized carbons (Fsp3) is 0.571. The molecule has 0 spiro atoms. The summed E-state index contributed by atoms with van der Waals surface area (Å²) in [5, 5.41) is 0. The van der Waals surface area contributed by atoms with Crippen molar-refractivity contribution in [3.8, 4) is 0 Å². The van der Waals surface area contributed by atoms with Gasteiger partial charge in [0.05, 0.1) is 0 Å². The molecule has 2 rings (SSSR count). The van der Waals surface area contributed by atoms with Crippen LogP contribution in [0.3, 0.4) is 0 Å². The summed E-state index contributed by atoms with van der Waals surface area (Å²) in [5.74, 6) is -0.624. The lowest BCUT2D eigenvalue weighted by atomic mass is 9.70. The number of imide groups is 1. The molecule has 26 heavy (non-hydrogen) atoms. The van der Waals surface area contributed by atoms with Crippen LogP contribution in [-0.4, -0.2) is 47.2 Å². The maximum absolute atomic E-state index is 12.8. The van der Waals surface area contributed by atoms with Crippen molar-refractivity contribution in [2.45, 2.75) is 58.3 Å². The summed E-state index contributed by atoms with van der Waals surface area (Å²) in [6.07, 6.45) is 2.98. The molecule has 0 aliphatic carbocycles. The van der Waals surface area contributed by atoms with Crippen LogP contribution in [0, 0.1) is 0 Å². The highest BCUT2D eigenvalue weighted by molar-refractivity contribution is 6.02. The molecule has 1 heterocycles. The van der Waals surface area contributed by atoms with Crippen molar-refractivity contribution in [3.63, 3.8) is 0 Å². The molecule has 1 aromatic carbocycles. The highest BCUT2D eigenvalue weighted by Gasteiger charge is 2.44. The Morgan fingerprint density at radius 3 is 2.00 bits per heavy atom. The summed E-state index contributed by atoms with van der Waals surface area (Å²) in [5.41, 5.74) is 0.565. The Labute approximate surface area is 156 Å². The van der Waals surface area contributed by atoms with Crippen LogP contribution in [0.5, 0.6) is 0 Å². The fourth-order valence-electron chi connectivity index (χ4n) is 3.73. The second-order valence-electron chi connectivity index (χ2n) is 7.11. The molecule has 1 saturated heterocycles. The van der Waals surface area contributed by atoms with Crippen LogP contribution in [0.4, 0.5) is 0 Å². The van der Waals surface area contributed by atoms with Crippen molar-refractivity contribution in [1.82, 2.24) is 9.80 Å². The summed E-state index contributed by atoms with van der Waals surface area (Å²) in [6.45, 7) is 7.23. The zero-order valence-electron chi connectivity index (χ0n) is 16.2. The number of nitrogens with zero attached hydrogens (tertiary/aromatic N) is 2.